The molecule has 0 aliphatic carbocycles. The number of benzene rings is 5. The Bertz CT molecular complexity index is 2520. The van der Waals surface area contributed by atoms with Gasteiger partial charge in [0.05, 0.1) is 51.6 Å². The Morgan fingerprint density at radius 3 is 1.06 bits per heavy atom. The Labute approximate surface area is 466 Å². The van der Waals surface area contributed by atoms with Crippen LogP contribution in [0.3, 0.4) is 0 Å². The van der Waals surface area contributed by atoms with Crippen LogP contribution in [0.2, 0.25) is 0 Å². The highest BCUT2D eigenvalue weighted by atomic mass is 79.9. The van der Waals surface area contributed by atoms with Gasteiger partial charge < -0.3 is 18.9 Å². The summed E-state index contributed by atoms with van der Waals surface area (Å²) in [7, 11) is 0. The molecule has 0 bridgehead atoms. The number of nitrogens with zero attached hydrogens (tertiary/aromatic N) is 4. The van der Waals surface area contributed by atoms with Gasteiger partial charge in [0.15, 0.2) is 23.1 Å². The second kappa shape index (κ2) is 37.9. The first-order chi connectivity index (χ1) is 37.7. The second-order valence-corrected chi connectivity index (χ2v) is 20.8. The summed E-state index contributed by atoms with van der Waals surface area (Å²) in [6, 6.07) is 26.1. The van der Waals surface area contributed by atoms with E-state index in [9.17, 15) is 18.4 Å². The minimum atomic E-state index is -0.656. The molecular formula is C64H83BrF2N4O6. The van der Waals surface area contributed by atoms with Gasteiger partial charge in [0.2, 0.25) is 0 Å². The maximum absolute atomic E-state index is 14.8. The van der Waals surface area contributed by atoms with Gasteiger partial charge in [-0.2, -0.15) is 20.5 Å². The summed E-state index contributed by atoms with van der Waals surface area (Å²) in [4.78, 5) is 26.2. The van der Waals surface area contributed by atoms with E-state index in [1.165, 1.54) is 184 Å². The smallest absolute Gasteiger partial charge is 0.343 e. The molecule has 77 heavy (non-hydrogen) atoms. The molecule has 0 fully saturated rings. The van der Waals surface area contributed by atoms with Crippen LogP contribution in [0.5, 0.6) is 23.0 Å². The molecule has 0 amide bonds. The fraction of sp³-hybridized carbons (Fsp3) is 0.500. The quantitative estimate of drug-likeness (QED) is 0.0167. The molecule has 5 aromatic rings. The first-order valence-electron chi connectivity index (χ1n) is 28.8. The molecule has 0 spiro atoms. The van der Waals surface area contributed by atoms with Gasteiger partial charge in [0.1, 0.15) is 11.5 Å². The van der Waals surface area contributed by atoms with Crippen molar-refractivity contribution in [3.05, 3.63) is 130 Å². The summed E-state index contributed by atoms with van der Waals surface area (Å²) in [5, 5.41) is 16.7. The summed E-state index contributed by atoms with van der Waals surface area (Å²) in [5.41, 5.74) is 2.03. The Kier molecular flexibility index (Phi) is 30.5. The van der Waals surface area contributed by atoms with Crippen molar-refractivity contribution in [2.45, 2.75) is 194 Å². The Hall–Kier alpha value is -5.82. The van der Waals surface area contributed by atoms with Crippen molar-refractivity contribution < 1.29 is 37.3 Å². The highest BCUT2D eigenvalue weighted by molar-refractivity contribution is 9.10. The maximum atomic E-state index is 14.8. The minimum absolute atomic E-state index is 0.134. The van der Waals surface area contributed by atoms with Gasteiger partial charge in [-0.25, -0.2) is 18.4 Å². The average Bonchev–Trinajstić information content (AvgIpc) is 3.44. The topological polar surface area (TPSA) is 121 Å². The van der Waals surface area contributed by atoms with Crippen LogP contribution in [0.4, 0.5) is 31.5 Å². The lowest BCUT2D eigenvalue weighted by Crippen LogP contribution is -2.10. The summed E-state index contributed by atoms with van der Waals surface area (Å²) in [5.74, 6) is -1.64. The molecule has 0 aliphatic rings. The first kappa shape index (κ1) is 62.0. The fourth-order valence-corrected chi connectivity index (χ4v) is 9.13. The van der Waals surface area contributed by atoms with E-state index in [-0.39, 0.29) is 34.1 Å². The molecule has 0 aliphatic heterocycles. The molecule has 13 heteroatoms. The fourth-order valence-electron chi connectivity index (χ4n) is 8.80. The predicted molar refractivity (Wildman–Crippen MR) is 310 cm³/mol. The summed E-state index contributed by atoms with van der Waals surface area (Å²) in [6.07, 6.45) is 35.7. The number of carbonyl (C=O) groups is 2. The molecule has 416 valence electrons. The summed E-state index contributed by atoms with van der Waals surface area (Å²) >= 11 is 3.40. The van der Waals surface area contributed by atoms with Crippen molar-refractivity contribution in [3.8, 4) is 23.0 Å². The molecule has 0 N–H and O–H groups in total. The van der Waals surface area contributed by atoms with Gasteiger partial charge in [-0.3, -0.25) is 0 Å². The number of unbranched alkanes of at least 4 members (excludes halogenated alkanes) is 26. The van der Waals surface area contributed by atoms with Crippen molar-refractivity contribution in [2.75, 3.05) is 13.2 Å². The molecule has 0 unspecified atom stereocenters. The number of azo groups is 2. The van der Waals surface area contributed by atoms with E-state index in [1.54, 1.807) is 72.8 Å². The third-order valence-electron chi connectivity index (χ3n) is 13.4. The van der Waals surface area contributed by atoms with E-state index >= 15 is 0 Å². The summed E-state index contributed by atoms with van der Waals surface area (Å²) in [6.45, 7) is 5.44. The standard InChI is InChI=1S/C64H83BrF2N4O6/c1-3-5-7-9-11-13-15-17-19-21-23-25-27-29-45-74-60-43-39-54(47-58(60)66)70-68-52-35-31-50(32-36-52)63(72)76-56-41-42-57(65)62(49-56)77-64(73)51-33-37-53(38-34-51)69-71-55-40-44-61(59(67)48-55)75-46-30-28-26-24-22-20-18-16-14-12-10-8-6-4-2/h31-44,47-49H,3-30,45-46H2,1-2H3. The lowest BCUT2D eigenvalue weighted by atomic mass is 10.0. The Morgan fingerprint density at radius 1 is 0.377 bits per heavy atom. The molecule has 0 radical (unpaired) electrons. The number of rotatable bonds is 40. The highest BCUT2D eigenvalue weighted by Gasteiger charge is 2.16. The van der Waals surface area contributed by atoms with E-state index in [2.05, 4.69) is 50.2 Å². The average molecular weight is 1120 g/mol. The Balaban J connectivity index is 0.961. The van der Waals surface area contributed by atoms with Gasteiger partial charge in [-0.1, -0.05) is 181 Å². The van der Waals surface area contributed by atoms with Crippen molar-refractivity contribution in [1.82, 2.24) is 0 Å². The van der Waals surface area contributed by atoms with Crippen LogP contribution in [0.25, 0.3) is 0 Å². The van der Waals surface area contributed by atoms with E-state index in [0.29, 0.717) is 40.4 Å². The molecule has 0 heterocycles. The van der Waals surface area contributed by atoms with Crippen molar-refractivity contribution >= 4 is 50.6 Å². The van der Waals surface area contributed by atoms with Crippen LogP contribution in [-0.2, 0) is 0 Å². The lowest BCUT2D eigenvalue weighted by molar-refractivity contribution is 0.0732. The molecule has 0 saturated carbocycles. The monoisotopic (exact) mass is 1120 g/mol. The number of esters is 2. The molecular weight excluding hydrogens is 1040 g/mol. The number of hydrogen-bond donors (Lipinski definition) is 0. The molecule has 5 rings (SSSR count). The highest BCUT2D eigenvalue weighted by Crippen LogP contribution is 2.32. The van der Waals surface area contributed by atoms with Crippen LogP contribution >= 0.6 is 15.9 Å². The molecule has 10 nitrogen and oxygen atoms in total. The first-order valence-corrected chi connectivity index (χ1v) is 29.6. The zero-order valence-corrected chi connectivity index (χ0v) is 47.5. The van der Waals surface area contributed by atoms with Crippen molar-refractivity contribution in [2.24, 2.45) is 20.5 Å². The zero-order chi connectivity index (χ0) is 54.6. The van der Waals surface area contributed by atoms with Gasteiger partial charge in [0.25, 0.3) is 0 Å². The van der Waals surface area contributed by atoms with Gasteiger partial charge in [0, 0.05) is 18.2 Å². The summed E-state index contributed by atoms with van der Waals surface area (Å²) < 4.78 is 52.8. The van der Waals surface area contributed by atoms with Crippen LogP contribution in [-0.4, -0.2) is 25.2 Å². The van der Waals surface area contributed by atoms with Gasteiger partial charge in [-0.15, -0.1) is 0 Å². The van der Waals surface area contributed by atoms with E-state index < -0.39 is 23.6 Å². The zero-order valence-electron chi connectivity index (χ0n) is 45.9. The third kappa shape index (κ3) is 25.5. The van der Waals surface area contributed by atoms with E-state index in [1.807, 2.05) is 0 Å². The van der Waals surface area contributed by atoms with Crippen LogP contribution in [0, 0.1) is 11.6 Å². The van der Waals surface area contributed by atoms with Crippen LogP contribution < -0.4 is 18.9 Å². The number of halogens is 3. The van der Waals surface area contributed by atoms with Crippen LogP contribution in [0.15, 0.2) is 128 Å². The van der Waals surface area contributed by atoms with Crippen molar-refractivity contribution in [1.29, 1.82) is 0 Å². The molecule has 0 saturated heterocycles. The maximum Gasteiger partial charge on any atom is 0.343 e. The lowest BCUT2D eigenvalue weighted by Gasteiger charge is -2.10. The minimum Gasteiger partial charge on any atom is -0.491 e. The second-order valence-electron chi connectivity index (χ2n) is 20.0. The van der Waals surface area contributed by atoms with Crippen LogP contribution in [0.1, 0.15) is 214 Å². The number of carbonyl (C=O) groups excluding carboxylic acids is 2. The van der Waals surface area contributed by atoms with E-state index in [0.717, 1.165) is 25.7 Å². The number of hydrogen-bond acceptors (Lipinski definition) is 10. The molecule has 0 aromatic heterocycles. The SMILES string of the molecule is CCCCCCCCCCCCCCCCOc1ccc(N=Nc2ccc(C(=O)Oc3ccc(Br)c(OC(=O)c4ccc(N=Nc5ccc(OCCCCCCCCCCCCCCCC)c(F)c5)cc4)c3)cc2)cc1F. The molecule has 0 atom stereocenters. The third-order valence-corrected chi connectivity index (χ3v) is 14.1. The normalized spacial score (nSPS) is 11.4. The van der Waals surface area contributed by atoms with Crippen molar-refractivity contribution in [3.63, 3.8) is 0 Å². The van der Waals surface area contributed by atoms with Gasteiger partial charge >= 0.3 is 11.9 Å². The van der Waals surface area contributed by atoms with E-state index in [4.69, 9.17) is 18.9 Å². The Morgan fingerprint density at radius 2 is 0.701 bits per heavy atom. The molecule has 5 aromatic carbocycles. The van der Waals surface area contributed by atoms with Gasteiger partial charge in [-0.05, 0) is 114 Å². The predicted octanol–water partition coefficient (Wildman–Crippen LogP) is 21.7. The number of ether oxygens (including phenoxy) is 4. The largest absolute Gasteiger partial charge is 0.491 e.